The Morgan fingerprint density at radius 2 is 1.84 bits per heavy atom. The summed E-state index contributed by atoms with van der Waals surface area (Å²) in [6, 6.07) is 10.8. The smallest absolute Gasteiger partial charge is 0.140 e. The third-order valence-corrected chi connectivity index (χ3v) is 4.88. The first kappa shape index (κ1) is 12.9. The Morgan fingerprint density at radius 3 is 2.42 bits per heavy atom. The van der Waals surface area contributed by atoms with Crippen LogP contribution in [0.3, 0.4) is 0 Å². The summed E-state index contributed by atoms with van der Waals surface area (Å²) in [6.45, 7) is 6.76. The van der Waals surface area contributed by atoms with E-state index in [2.05, 4.69) is 30.9 Å². The predicted octanol–water partition coefficient (Wildman–Crippen LogP) is 2.77. The fraction of sp³-hybridized carbons (Fsp3) is 0.588. The molecule has 0 radical (unpaired) electrons. The van der Waals surface area contributed by atoms with Gasteiger partial charge in [0.25, 0.3) is 0 Å². The van der Waals surface area contributed by atoms with E-state index >= 15 is 0 Å². The minimum absolute atomic E-state index is 0.343. The van der Waals surface area contributed by atoms with Crippen molar-refractivity contribution in [3.63, 3.8) is 0 Å². The maximum absolute atomic E-state index is 12.5. The van der Waals surface area contributed by atoms with Gasteiger partial charge in [-0.3, -0.25) is 4.79 Å². The molecule has 2 heteroatoms. The Balaban J connectivity index is 1.61. The molecule has 0 amide bonds. The predicted molar refractivity (Wildman–Crippen MR) is 76.9 cm³/mol. The molecule has 2 saturated heterocycles. The second-order valence-electron chi connectivity index (χ2n) is 6.46. The molecule has 3 aliphatic rings. The van der Waals surface area contributed by atoms with Crippen molar-refractivity contribution in [3.8, 4) is 0 Å². The van der Waals surface area contributed by atoms with Gasteiger partial charge in [-0.05, 0) is 37.7 Å². The maximum Gasteiger partial charge on any atom is 0.140 e. The van der Waals surface area contributed by atoms with Crippen molar-refractivity contribution in [2.45, 2.75) is 32.7 Å². The molecule has 2 nitrogen and oxygen atoms in total. The van der Waals surface area contributed by atoms with Crippen molar-refractivity contribution < 1.29 is 4.79 Å². The molecule has 0 aromatic heterocycles. The Kier molecular flexibility index (Phi) is 3.44. The van der Waals surface area contributed by atoms with Crippen LogP contribution in [0.2, 0.25) is 0 Å². The van der Waals surface area contributed by atoms with Gasteiger partial charge in [-0.15, -0.1) is 0 Å². The van der Waals surface area contributed by atoms with Crippen molar-refractivity contribution in [1.29, 1.82) is 0 Å². The summed E-state index contributed by atoms with van der Waals surface area (Å²) in [5, 5.41) is 0. The van der Waals surface area contributed by atoms with E-state index in [1.165, 1.54) is 6.42 Å². The number of Topliss-reactive ketones (excluding diaryl/α,β-unsaturated/α-hetero) is 1. The molecule has 2 heterocycles. The second-order valence-corrected chi connectivity index (χ2v) is 6.46. The highest BCUT2D eigenvalue weighted by Crippen LogP contribution is 2.46. The molecule has 4 rings (SSSR count). The molecule has 2 unspecified atom stereocenters. The molecule has 1 saturated carbocycles. The van der Waals surface area contributed by atoms with E-state index in [0.717, 1.165) is 18.7 Å². The normalized spacial score (nSPS) is 30.2. The zero-order valence-electron chi connectivity index (χ0n) is 11.9. The lowest BCUT2D eigenvalue weighted by molar-refractivity contribution is -0.139. The van der Waals surface area contributed by atoms with Gasteiger partial charge < -0.3 is 4.90 Å². The molecule has 1 aromatic carbocycles. The number of carbonyl (C=O) groups is 1. The van der Waals surface area contributed by atoms with Gasteiger partial charge in [-0.2, -0.15) is 0 Å². The number of hydrogen-bond acceptors (Lipinski definition) is 2. The topological polar surface area (TPSA) is 20.3 Å². The molecule has 2 atom stereocenters. The highest BCUT2D eigenvalue weighted by Gasteiger charge is 2.49. The minimum atomic E-state index is 0.343. The molecule has 0 N–H and O–H groups in total. The van der Waals surface area contributed by atoms with Crippen molar-refractivity contribution in [1.82, 2.24) is 4.90 Å². The first-order valence-electron chi connectivity index (χ1n) is 7.46. The first-order valence-corrected chi connectivity index (χ1v) is 7.46. The molecule has 19 heavy (non-hydrogen) atoms. The molecule has 2 bridgehead atoms. The lowest BCUT2D eigenvalue weighted by Crippen LogP contribution is -2.59. The quantitative estimate of drug-likeness (QED) is 0.826. The van der Waals surface area contributed by atoms with Gasteiger partial charge in [0.15, 0.2) is 0 Å². The van der Waals surface area contributed by atoms with Gasteiger partial charge >= 0.3 is 0 Å². The number of nitrogens with zero attached hydrogens (tertiary/aromatic N) is 1. The van der Waals surface area contributed by atoms with E-state index in [1.54, 1.807) is 0 Å². The van der Waals surface area contributed by atoms with Gasteiger partial charge in [-0.1, -0.05) is 30.3 Å². The van der Waals surface area contributed by atoms with Crippen molar-refractivity contribution in [3.05, 3.63) is 35.9 Å². The molecule has 0 spiro atoms. The Bertz CT molecular complexity index is 442. The largest absolute Gasteiger partial charge is 0.300 e. The van der Waals surface area contributed by atoms with Crippen molar-refractivity contribution in [2.75, 3.05) is 13.1 Å². The molecule has 3 fully saturated rings. The van der Waals surface area contributed by atoms with E-state index in [0.29, 0.717) is 36.0 Å². The SMILES string of the molecule is CC(C)N1CC2CC(C1)C2C(=O)Cc1ccccc1. The van der Waals surface area contributed by atoms with Gasteiger partial charge in [0.2, 0.25) is 0 Å². The van der Waals surface area contributed by atoms with Crippen LogP contribution in [-0.2, 0) is 11.2 Å². The first-order chi connectivity index (χ1) is 9.15. The Hall–Kier alpha value is -1.15. The highest BCUT2D eigenvalue weighted by molar-refractivity contribution is 5.84. The fourth-order valence-corrected chi connectivity index (χ4v) is 3.79. The number of fused-ring (bicyclic) bond motifs is 2. The number of ketones is 1. The van der Waals surface area contributed by atoms with Crippen LogP contribution >= 0.6 is 0 Å². The van der Waals surface area contributed by atoms with Crippen LogP contribution in [0.25, 0.3) is 0 Å². The number of benzene rings is 1. The molecule has 1 aliphatic carbocycles. The summed E-state index contributed by atoms with van der Waals surface area (Å²) in [7, 11) is 0. The van der Waals surface area contributed by atoms with Crippen LogP contribution < -0.4 is 0 Å². The molecular weight excluding hydrogens is 234 g/mol. The number of hydrogen-bond donors (Lipinski definition) is 0. The van der Waals surface area contributed by atoms with Crippen molar-refractivity contribution in [2.24, 2.45) is 17.8 Å². The summed E-state index contributed by atoms with van der Waals surface area (Å²) >= 11 is 0. The van der Waals surface area contributed by atoms with Crippen LogP contribution in [-0.4, -0.2) is 29.8 Å². The van der Waals surface area contributed by atoms with Crippen LogP contribution in [0.15, 0.2) is 30.3 Å². The summed E-state index contributed by atoms with van der Waals surface area (Å²) in [5.41, 5.74) is 1.16. The molecular formula is C17H23NO. The number of rotatable bonds is 4. The fourth-order valence-electron chi connectivity index (χ4n) is 3.79. The van der Waals surface area contributed by atoms with Gasteiger partial charge in [0.05, 0.1) is 0 Å². The van der Waals surface area contributed by atoms with E-state index in [-0.39, 0.29) is 0 Å². The van der Waals surface area contributed by atoms with Gasteiger partial charge in [0.1, 0.15) is 5.78 Å². The monoisotopic (exact) mass is 257 g/mol. The summed E-state index contributed by atoms with van der Waals surface area (Å²) in [4.78, 5) is 15.0. The standard InChI is InChI=1S/C17H23NO/c1-12(2)18-10-14-9-15(11-18)17(14)16(19)8-13-6-4-3-5-7-13/h3-7,12,14-15,17H,8-11H2,1-2H3. The molecule has 1 aromatic rings. The van der Waals surface area contributed by atoms with Crippen LogP contribution in [0.5, 0.6) is 0 Å². The van der Waals surface area contributed by atoms with Crippen LogP contribution in [0, 0.1) is 17.8 Å². The van der Waals surface area contributed by atoms with E-state index in [9.17, 15) is 4.79 Å². The third-order valence-electron chi connectivity index (χ3n) is 4.88. The average molecular weight is 257 g/mol. The van der Waals surface area contributed by atoms with E-state index < -0.39 is 0 Å². The third kappa shape index (κ3) is 2.46. The Morgan fingerprint density at radius 1 is 1.21 bits per heavy atom. The zero-order valence-corrected chi connectivity index (χ0v) is 11.9. The summed E-state index contributed by atoms with van der Waals surface area (Å²) in [6.07, 6.45) is 1.90. The van der Waals surface area contributed by atoms with Crippen molar-refractivity contribution >= 4 is 5.78 Å². The molecule has 2 aliphatic heterocycles. The Labute approximate surface area is 115 Å². The molecule has 102 valence electrons. The van der Waals surface area contributed by atoms with E-state index in [4.69, 9.17) is 0 Å². The van der Waals surface area contributed by atoms with Crippen LogP contribution in [0.4, 0.5) is 0 Å². The lowest BCUT2D eigenvalue weighted by atomic mass is 9.59. The van der Waals surface area contributed by atoms with E-state index in [1.807, 2.05) is 18.2 Å². The maximum atomic E-state index is 12.5. The minimum Gasteiger partial charge on any atom is -0.300 e. The summed E-state index contributed by atoms with van der Waals surface area (Å²) < 4.78 is 0. The number of piperidine rings is 2. The van der Waals surface area contributed by atoms with Gasteiger partial charge in [-0.25, -0.2) is 0 Å². The summed E-state index contributed by atoms with van der Waals surface area (Å²) in [5.74, 6) is 2.06. The highest BCUT2D eigenvalue weighted by atomic mass is 16.1. The zero-order chi connectivity index (χ0) is 13.4. The number of carbonyl (C=O) groups excluding carboxylic acids is 1. The lowest BCUT2D eigenvalue weighted by Gasteiger charge is -2.54. The average Bonchev–Trinajstić information content (AvgIpc) is 2.39. The van der Waals surface area contributed by atoms with Crippen LogP contribution in [0.1, 0.15) is 25.8 Å². The van der Waals surface area contributed by atoms with Gasteiger partial charge in [0, 0.05) is 31.5 Å². The second kappa shape index (κ2) is 5.09.